The molecule has 25 heavy (non-hydrogen) atoms. The summed E-state index contributed by atoms with van der Waals surface area (Å²) in [5.74, 6) is 0.916. The minimum Gasteiger partial charge on any atom is -0.459 e. The molecule has 1 N–H and O–H groups in total. The van der Waals surface area contributed by atoms with Crippen molar-refractivity contribution in [2.75, 3.05) is 0 Å². The van der Waals surface area contributed by atoms with Gasteiger partial charge in [-0.15, -0.1) is 0 Å². The van der Waals surface area contributed by atoms with Gasteiger partial charge in [-0.2, -0.15) is 0 Å². The molecule has 1 saturated carbocycles. The summed E-state index contributed by atoms with van der Waals surface area (Å²) in [7, 11) is 0. The molecule has 0 aromatic heterocycles. The fourth-order valence-corrected chi connectivity index (χ4v) is 3.99. The predicted molar refractivity (Wildman–Crippen MR) is 93.8 cm³/mol. The molecule has 1 aromatic carbocycles. The molecule has 5 nitrogen and oxygen atoms in total. The molecule has 1 amide bonds. The van der Waals surface area contributed by atoms with Gasteiger partial charge < -0.3 is 14.8 Å². The van der Waals surface area contributed by atoms with Crippen molar-refractivity contribution in [3.05, 3.63) is 35.9 Å². The molecular weight excluding hydrogens is 318 g/mol. The molecule has 1 aromatic rings. The lowest BCUT2D eigenvalue weighted by Crippen LogP contribution is -2.40. The molecule has 2 fully saturated rings. The van der Waals surface area contributed by atoms with Crippen molar-refractivity contribution in [1.82, 2.24) is 5.32 Å². The maximum absolute atomic E-state index is 12.8. The summed E-state index contributed by atoms with van der Waals surface area (Å²) in [6.45, 7) is 6.54. The van der Waals surface area contributed by atoms with E-state index in [0.717, 1.165) is 18.4 Å². The van der Waals surface area contributed by atoms with Gasteiger partial charge in [-0.25, -0.2) is 9.59 Å². The molecule has 3 rings (SSSR count). The van der Waals surface area contributed by atoms with Crippen molar-refractivity contribution in [3.63, 3.8) is 0 Å². The number of carbonyl (C=O) groups is 2. The summed E-state index contributed by atoms with van der Waals surface area (Å²) in [6.07, 6.45) is 1.50. The normalized spacial score (nSPS) is 32.2. The van der Waals surface area contributed by atoms with Crippen LogP contribution in [0.25, 0.3) is 0 Å². The molecule has 2 aliphatic rings. The highest BCUT2D eigenvalue weighted by Crippen LogP contribution is 2.36. The second kappa shape index (κ2) is 7.46. The number of nitrogens with one attached hydrogen (secondary N) is 1. The average molecular weight is 345 g/mol. The Morgan fingerprint density at radius 3 is 2.64 bits per heavy atom. The van der Waals surface area contributed by atoms with Gasteiger partial charge in [-0.3, -0.25) is 0 Å². The van der Waals surface area contributed by atoms with E-state index in [1.54, 1.807) is 0 Å². The largest absolute Gasteiger partial charge is 0.459 e. The summed E-state index contributed by atoms with van der Waals surface area (Å²) in [5.41, 5.74) is 0.840. The van der Waals surface area contributed by atoms with Crippen LogP contribution in [0.3, 0.4) is 0 Å². The SMILES string of the molecule is CC(C)[C@@H]1CC[C@H](C)CC1OC(=O)[C@@H]1OC(=O)NC1c1ccccc1. The van der Waals surface area contributed by atoms with Gasteiger partial charge in [-0.1, -0.05) is 57.5 Å². The Morgan fingerprint density at radius 2 is 1.96 bits per heavy atom. The van der Waals surface area contributed by atoms with Crippen molar-refractivity contribution < 1.29 is 19.1 Å². The summed E-state index contributed by atoms with van der Waals surface area (Å²) in [4.78, 5) is 24.5. The molecule has 1 saturated heterocycles. The Kier molecular flexibility index (Phi) is 5.30. The van der Waals surface area contributed by atoms with E-state index in [4.69, 9.17) is 9.47 Å². The van der Waals surface area contributed by atoms with Gasteiger partial charge in [0.05, 0.1) is 0 Å². The van der Waals surface area contributed by atoms with Crippen LogP contribution in [-0.4, -0.2) is 24.3 Å². The summed E-state index contributed by atoms with van der Waals surface area (Å²) in [5, 5.41) is 2.72. The van der Waals surface area contributed by atoms with Gasteiger partial charge in [0.25, 0.3) is 0 Å². The molecular formula is C20H27NO4. The third-order valence-corrected chi connectivity index (χ3v) is 5.43. The van der Waals surface area contributed by atoms with Gasteiger partial charge in [0, 0.05) is 0 Å². The first kappa shape index (κ1) is 17.8. The zero-order chi connectivity index (χ0) is 18.0. The fraction of sp³-hybridized carbons (Fsp3) is 0.600. The maximum atomic E-state index is 12.8. The molecule has 0 radical (unpaired) electrons. The van der Waals surface area contributed by atoms with E-state index >= 15 is 0 Å². The van der Waals surface area contributed by atoms with Crippen LogP contribution in [-0.2, 0) is 14.3 Å². The van der Waals surface area contributed by atoms with E-state index in [9.17, 15) is 9.59 Å². The Bertz CT molecular complexity index is 615. The van der Waals surface area contributed by atoms with E-state index in [1.807, 2.05) is 30.3 Å². The highest BCUT2D eigenvalue weighted by Gasteiger charge is 2.43. The number of amides is 1. The predicted octanol–water partition coefficient (Wildman–Crippen LogP) is 3.84. The van der Waals surface area contributed by atoms with Crippen LogP contribution < -0.4 is 5.32 Å². The fourth-order valence-electron chi connectivity index (χ4n) is 3.99. The number of cyclic esters (lactones) is 1. The third-order valence-electron chi connectivity index (χ3n) is 5.43. The smallest absolute Gasteiger partial charge is 0.408 e. The van der Waals surface area contributed by atoms with Crippen LogP contribution in [0.5, 0.6) is 0 Å². The first-order chi connectivity index (χ1) is 12.0. The monoisotopic (exact) mass is 345 g/mol. The van der Waals surface area contributed by atoms with Crippen molar-refractivity contribution in [3.8, 4) is 0 Å². The highest BCUT2D eigenvalue weighted by atomic mass is 16.6. The molecule has 0 spiro atoms. The number of rotatable bonds is 4. The van der Waals surface area contributed by atoms with E-state index < -0.39 is 24.2 Å². The van der Waals surface area contributed by atoms with Crippen LogP contribution in [0.2, 0.25) is 0 Å². The summed E-state index contributed by atoms with van der Waals surface area (Å²) in [6, 6.07) is 8.89. The average Bonchev–Trinajstić information content (AvgIpc) is 2.97. The number of hydrogen-bond donors (Lipinski definition) is 1. The van der Waals surface area contributed by atoms with Crippen molar-refractivity contribution in [2.45, 2.75) is 58.3 Å². The molecule has 5 atom stereocenters. The van der Waals surface area contributed by atoms with Crippen LogP contribution in [0.15, 0.2) is 30.3 Å². The topological polar surface area (TPSA) is 64.6 Å². The second-order valence-electron chi connectivity index (χ2n) is 7.66. The number of benzene rings is 1. The molecule has 1 aliphatic carbocycles. The van der Waals surface area contributed by atoms with E-state index in [2.05, 4.69) is 26.1 Å². The van der Waals surface area contributed by atoms with Gasteiger partial charge >= 0.3 is 12.1 Å². The minimum atomic E-state index is -0.931. The van der Waals surface area contributed by atoms with Gasteiger partial charge in [0.2, 0.25) is 6.10 Å². The Hall–Kier alpha value is -2.04. The highest BCUT2D eigenvalue weighted by molar-refractivity contribution is 5.84. The third kappa shape index (κ3) is 3.97. The standard InChI is InChI=1S/C20H27NO4/c1-12(2)15-10-9-13(3)11-16(15)24-19(22)18-17(21-20(23)25-18)14-7-5-4-6-8-14/h4-8,12-13,15-18H,9-11H2,1-3H3,(H,21,23)/t13-,15-,16?,17?,18+/m0/s1. The van der Waals surface area contributed by atoms with Crippen molar-refractivity contribution in [2.24, 2.45) is 17.8 Å². The Balaban J connectivity index is 1.73. The molecule has 0 bridgehead atoms. The van der Waals surface area contributed by atoms with Gasteiger partial charge in [0.1, 0.15) is 12.1 Å². The van der Waals surface area contributed by atoms with Crippen LogP contribution in [0.1, 0.15) is 51.6 Å². The maximum Gasteiger partial charge on any atom is 0.408 e. The van der Waals surface area contributed by atoms with Gasteiger partial charge in [-0.05, 0) is 36.2 Å². The van der Waals surface area contributed by atoms with Crippen molar-refractivity contribution in [1.29, 1.82) is 0 Å². The van der Waals surface area contributed by atoms with E-state index in [-0.39, 0.29) is 6.10 Å². The lowest BCUT2D eigenvalue weighted by molar-refractivity contribution is -0.165. The second-order valence-corrected chi connectivity index (χ2v) is 7.66. The molecule has 1 heterocycles. The molecule has 136 valence electrons. The lowest BCUT2D eigenvalue weighted by atomic mass is 9.75. The first-order valence-corrected chi connectivity index (χ1v) is 9.18. The van der Waals surface area contributed by atoms with Gasteiger partial charge in [0.15, 0.2) is 0 Å². The Morgan fingerprint density at radius 1 is 1.24 bits per heavy atom. The number of ether oxygens (including phenoxy) is 2. The number of esters is 1. The van der Waals surface area contributed by atoms with E-state index in [1.165, 1.54) is 6.42 Å². The van der Waals surface area contributed by atoms with Crippen LogP contribution in [0.4, 0.5) is 4.79 Å². The van der Waals surface area contributed by atoms with Crippen molar-refractivity contribution >= 4 is 12.1 Å². The molecule has 5 heteroatoms. The molecule has 2 unspecified atom stereocenters. The lowest BCUT2D eigenvalue weighted by Gasteiger charge is -2.37. The number of alkyl carbamates (subject to hydrolysis) is 1. The molecule has 1 aliphatic heterocycles. The minimum absolute atomic E-state index is 0.105. The zero-order valence-electron chi connectivity index (χ0n) is 15.1. The first-order valence-electron chi connectivity index (χ1n) is 9.18. The number of carbonyl (C=O) groups excluding carboxylic acids is 2. The summed E-state index contributed by atoms with van der Waals surface area (Å²) >= 11 is 0. The zero-order valence-corrected chi connectivity index (χ0v) is 15.1. The van der Waals surface area contributed by atoms with Crippen LogP contribution in [0, 0.1) is 17.8 Å². The quantitative estimate of drug-likeness (QED) is 0.842. The number of hydrogen-bond acceptors (Lipinski definition) is 4. The summed E-state index contributed by atoms with van der Waals surface area (Å²) < 4.78 is 11.1. The van der Waals surface area contributed by atoms with Crippen LogP contribution >= 0.6 is 0 Å². The van der Waals surface area contributed by atoms with E-state index in [0.29, 0.717) is 17.8 Å². The Labute approximate surface area is 149 Å².